The monoisotopic (exact) mass is 318 g/mol. The summed E-state index contributed by atoms with van der Waals surface area (Å²) in [5, 5.41) is 0. The van der Waals surface area contributed by atoms with Gasteiger partial charge in [-0.3, -0.25) is 9.59 Å². The first kappa shape index (κ1) is 16.0. The molecule has 0 aromatic heterocycles. The molecule has 3 rings (SSSR count). The highest BCUT2D eigenvalue weighted by molar-refractivity contribution is 5.85. The molecule has 0 saturated carbocycles. The lowest BCUT2D eigenvalue weighted by Gasteiger charge is -2.25. The fourth-order valence-electron chi connectivity index (χ4n) is 3.62. The standard InChI is InChI=1S/C17H22N2O4/c1-22-11-15(20)18-9-13-14(10-18)19(17(21)16(13)23-2)8-12-6-4-3-5-7-12/h3-7,13-14,16H,8-11H2,1-2H3/t13-,14+,16-/m0/s1. The molecule has 124 valence electrons. The van der Waals surface area contributed by atoms with Gasteiger partial charge < -0.3 is 19.3 Å². The van der Waals surface area contributed by atoms with Gasteiger partial charge in [-0.15, -0.1) is 0 Å². The lowest BCUT2D eigenvalue weighted by Crippen LogP contribution is -2.41. The average Bonchev–Trinajstić information content (AvgIpc) is 3.08. The summed E-state index contributed by atoms with van der Waals surface area (Å²) in [5.74, 6) is 0.00563. The molecular formula is C17H22N2O4. The number of likely N-dealkylation sites (tertiary alicyclic amines) is 2. The van der Waals surface area contributed by atoms with Crippen LogP contribution in [-0.4, -0.2) is 67.7 Å². The van der Waals surface area contributed by atoms with Gasteiger partial charge in [0.2, 0.25) is 5.91 Å². The summed E-state index contributed by atoms with van der Waals surface area (Å²) >= 11 is 0. The van der Waals surface area contributed by atoms with Crippen molar-refractivity contribution in [2.45, 2.75) is 18.7 Å². The highest BCUT2D eigenvalue weighted by atomic mass is 16.5. The van der Waals surface area contributed by atoms with Crippen LogP contribution in [-0.2, 0) is 25.6 Å². The lowest BCUT2D eigenvalue weighted by molar-refractivity contribution is -0.141. The Morgan fingerprint density at radius 2 is 1.96 bits per heavy atom. The smallest absolute Gasteiger partial charge is 0.252 e. The minimum atomic E-state index is -0.468. The quantitative estimate of drug-likeness (QED) is 0.794. The summed E-state index contributed by atoms with van der Waals surface area (Å²) < 4.78 is 10.4. The third kappa shape index (κ3) is 2.96. The first-order valence-corrected chi connectivity index (χ1v) is 7.79. The van der Waals surface area contributed by atoms with Crippen LogP contribution < -0.4 is 0 Å². The molecule has 6 nitrogen and oxygen atoms in total. The summed E-state index contributed by atoms with van der Waals surface area (Å²) in [7, 11) is 3.07. The van der Waals surface area contributed by atoms with Crippen molar-refractivity contribution in [1.29, 1.82) is 0 Å². The molecule has 2 aliphatic heterocycles. The summed E-state index contributed by atoms with van der Waals surface area (Å²) in [5.41, 5.74) is 1.08. The van der Waals surface area contributed by atoms with Gasteiger partial charge in [0.05, 0.1) is 6.04 Å². The van der Waals surface area contributed by atoms with Gasteiger partial charge >= 0.3 is 0 Å². The van der Waals surface area contributed by atoms with E-state index in [1.165, 1.54) is 7.11 Å². The van der Waals surface area contributed by atoms with Gasteiger partial charge in [-0.05, 0) is 5.56 Å². The van der Waals surface area contributed by atoms with E-state index in [0.29, 0.717) is 19.6 Å². The van der Waals surface area contributed by atoms with Crippen molar-refractivity contribution in [3.63, 3.8) is 0 Å². The molecule has 0 radical (unpaired) electrons. The van der Waals surface area contributed by atoms with E-state index in [1.54, 1.807) is 12.0 Å². The largest absolute Gasteiger partial charge is 0.375 e. The number of ether oxygens (including phenoxy) is 2. The Labute approximate surface area is 136 Å². The van der Waals surface area contributed by atoms with Gasteiger partial charge in [0.15, 0.2) is 0 Å². The van der Waals surface area contributed by atoms with Crippen molar-refractivity contribution in [3.8, 4) is 0 Å². The van der Waals surface area contributed by atoms with E-state index in [0.717, 1.165) is 5.56 Å². The van der Waals surface area contributed by atoms with Crippen LogP contribution in [0, 0.1) is 5.92 Å². The molecule has 2 aliphatic rings. The van der Waals surface area contributed by atoms with E-state index < -0.39 is 6.10 Å². The van der Waals surface area contributed by atoms with Crippen molar-refractivity contribution in [2.75, 3.05) is 33.9 Å². The molecule has 0 N–H and O–H groups in total. The number of benzene rings is 1. The van der Waals surface area contributed by atoms with Crippen LogP contribution >= 0.6 is 0 Å². The Kier molecular flexibility index (Phi) is 4.63. The highest BCUT2D eigenvalue weighted by Gasteiger charge is 2.53. The van der Waals surface area contributed by atoms with E-state index in [-0.39, 0.29) is 30.4 Å². The predicted molar refractivity (Wildman–Crippen MR) is 83.5 cm³/mol. The number of amides is 2. The van der Waals surface area contributed by atoms with E-state index in [9.17, 15) is 9.59 Å². The SMILES string of the molecule is COCC(=O)N1C[C@@H]2[C@H](OC)C(=O)N(Cc3ccccc3)[C@@H]2C1. The van der Waals surface area contributed by atoms with Crippen molar-refractivity contribution in [3.05, 3.63) is 35.9 Å². The second-order valence-corrected chi connectivity index (χ2v) is 6.07. The van der Waals surface area contributed by atoms with Crippen LogP contribution in [0.2, 0.25) is 0 Å². The topological polar surface area (TPSA) is 59.1 Å². The Morgan fingerprint density at radius 3 is 2.61 bits per heavy atom. The number of carbonyl (C=O) groups excluding carboxylic acids is 2. The van der Waals surface area contributed by atoms with Crippen LogP contribution in [0.4, 0.5) is 0 Å². The Bertz CT molecular complexity index is 577. The molecule has 1 aromatic carbocycles. The molecule has 0 bridgehead atoms. The van der Waals surface area contributed by atoms with Crippen molar-refractivity contribution < 1.29 is 19.1 Å². The molecule has 2 amide bonds. The van der Waals surface area contributed by atoms with Crippen LogP contribution in [0.25, 0.3) is 0 Å². The van der Waals surface area contributed by atoms with Crippen molar-refractivity contribution in [2.24, 2.45) is 5.92 Å². The fourth-order valence-corrected chi connectivity index (χ4v) is 3.62. The second kappa shape index (κ2) is 6.68. The first-order valence-electron chi connectivity index (χ1n) is 7.79. The van der Waals surface area contributed by atoms with Crippen LogP contribution in [0.5, 0.6) is 0 Å². The van der Waals surface area contributed by atoms with Gasteiger partial charge in [0.25, 0.3) is 5.91 Å². The minimum absolute atomic E-state index is 0.00784. The Hall–Kier alpha value is -1.92. The molecule has 0 unspecified atom stereocenters. The molecule has 23 heavy (non-hydrogen) atoms. The molecule has 3 atom stereocenters. The molecule has 0 aliphatic carbocycles. The third-order valence-corrected chi connectivity index (χ3v) is 4.72. The number of hydrogen-bond donors (Lipinski definition) is 0. The summed E-state index contributed by atoms with van der Waals surface area (Å²) in [4.78, 5) is 28.3. The summed E-state index contributed by atoms with van der Waals surface area (Å²) in [6.45, 7) is 1.71. The minimum Gasteiger partial charge on any atom is -0.375 e. The first-order chi connectivity index (χ1) is 11.2. The van der Waals surface area contributed by atoms with Gasteiger partial charge in [0.1, 0.15) is 12.7 Å². The van der Waals surface area contributed by atoms with Gasteiger partial charge in [-0.1, -0.05) is 30.3 Å². The normalized spacial score (nSPS) is 26.7. The summed E-state index contributed by atoms with van der Waals surface area (Å²) in [6.07, 6.45) is -0.468. The van der Waals surface area contributed by atoms with E-state index in [4.69, 9.17) is 9.47 Å². The number of rotatable bonds is 5. The van der Waals surface area contributed by atoms with Crippen LogP contribution in [0.3, 0.4) is 0 Å². The fraction of sp³-hybridized carbons (Fsp3) is 0.529. The van der Waals surface area contributed by atoms with E-state index >= 15 is 0 Å². The molecule has 2 fully saturated rings. The number of hydrogen-bond acceptors (Lipinski definition) is 4. The lowest BCUT2D eigenvalue weighted by atomic mass is 10.0. The van der Waals surface area contributed by atoms with E-state index in [1.807, 2.05) is 35.2 Å². The zero-order valence-electron chi connectivity index (χ0n) is 13.5. The molecular weight excluding hydrogens is 296 g/mol. The third-order valence-electron chi connectivity index (χ3n) is 4.72. The second-order valence-electron chi connectivity index (χ2n) is 6.07. The van der Waals surface area contributed by atoms with Crippen LogP contribution in [0.15, 0.2) is 30.3 Å². The molecule has 2 saturated heterocycles. The number of methoxy groups -OCH3 is 2. The Morgan fingerprint density at radius 1 is 1.22 bits per heavy atom. The zero-order valence-corrected chi connectivity index (χ0v) is 13.5. The molecule has 2 heterocycles. The predicted octanol–water partition coefficient (Wildman–Crippen LogP) is 0.517. The van der Waals surface area contributed by atoms with Gasteiger partial charge in [-0.25, -0.2) is 0 Å². The highest BCUT2D eigenvalue weighted by Crippen LogP contribution is 2.35. The number of nitrogens with zero attached hydrogens (tertiary/aromatic N) is 2. The summed E-state index contributed by atoms with van der Waals surface area (Å²) in [6, 6.07) is 9.90. The van der Waals surface area contributed by atoms with Crippen molar-refractivity contribution >= 4 is 11.8 Å². The maximum atomic E-state index is 12.6. The van der Waals surface area contributed by atoms with Gasteiger partial charge in [-0.2, -0.15) is 0 Å². The number of fused-ring (bicyclic) bond motifs is 1. The average molecular weight is 318 g/mol. The van der Waals surface area contributed by atoms with Crippen molar-refractivity contribution in [1.82, 2.24) is 9.80 Å². The van der Waals surface area contributed by atoms with Gasteiger partial charge in [0, 0.05) is 39.8 Å². The maximum absolute atomic E-state index is 12.6. The van der Waals surface area contributed by atoms with E-state index in [2.05, 4.69) is 0 Å². The zero-order chi connectivity index (χ0) is 16.4. The number of carbonyl (C=O) groups is 2. The molecule has 0 spiro atoms. The molecule has 6 heteroatoms. The Balaban J connectivity index is 1.77. The molecule has 1 aromatic rings. The van der Waals surface area contributed by atoms with Crippen LogP contribution in [0.1, 0.15) is 5.56 Å². The maximum Gasteiger partial charge on any atom is 0.252 e.